The highest BCUT2D eigenvalue weighted by Crippen LogP contribution is 2.38. The molecule has 2 aromatic carbocycles. The smallest absolute Gasteiger partial charge is 0.0453 e. The van der Waals surface area contributed by atoms with Gasteiger partial charge in [0.1, 0.15) is 0 Å². The van der Waals surface area contributed by atoms with Crippen molar-refractivity contribution in [3.63, 3.8) is 0 Å². The van der Waals surface area contributed by atoms with Crippen LogP contribution in [-0.2, 0) is 0 Å². The van der Waals surface area contributed by atoms with E-state index in [2.05, 4.69) is 55.6 Å². The van der Waals surface area contributed by atoms with Crippen molar-refractivity contribution in [3.05, 3.63) is 70.2 Å². The fourth-order valence-electron chi connectivity index (χ4n) is 3.22. The van der Waals surface area contributed by atoms with E-state index in [-0.39, 0.29) is 0 Å². The second-order valence-electron chi connectivity index (χ2n) is 6.19. The third kappa shape index (κ3) is 3.30. The number of nitrogens with one attached hydrogen (secondary N) is 1. The minimum Gasteiger partial charge on any atom is -0.307 e. The second-order valence-corrected chi connectivity index (χ2v) is 6.60. The van der Waals surface area contributed by atoms with E-state index in [1.54, 1.807) is 0 Å². The Labute approximate surface area is 132 Å². The minimum atomic E-state index is 0.308. The fourth-order valence-corrected chi connectivity index (χ4v) is 3.52. The Morgan fingerprint density at radius 3 is 2.57 bits per heavy atom. The molecule has 1 aliphatic rings. The maximum atomic E-state index is 6.27. The van der Waals surface area contributed by atoms with Crippen LogP contribution in [0.2, 0.25) is 5.02 Å². The molecule has 1 atom stereocenters. The molecule has 0 heterocycles. The molecule has 3 rings (SSSR count). The zero-order valence-electron chi connectivity index (χ0n) is 12.6. The average molecular weight is 300 g/mol. The van der Waals surface area contributed by atoms with Crippen LogP contribution in [0.1, 0.15) is 48.4 Å². The van der Waals surface area contributed by atoms with Crippen LogP contribution in [0, 0.1) is 6.92 Å². The molecule has 2 heteroatoms. The third-order valence-corrected chi connectivity index (χ3v) is 4.85. The molecule has 1 aliphatic carbocycles. The number of hydrogen-bond donors (Lipinski definition) is 1. The van der Waals surface area contributed by atoms with Crippen LogP contribution in [0.25, 0.3) is 0 Å². The molecule has 21 heavy (non-hydrogen) atoms. The van der Waals surface area contributed by atoms with Crippen LogP contribution in [-0.4, -0.2) is 6.04 Å². The van der Waals surface area contributed by atoms with Crippen LogP contribution in [0.15, 0.2) is 48.5 Å². The highest BCUT2D eigenvalue weighted by atomic mass is 35.5. The number of aryl methyl sites for hydroxylation is 1. The summed E-state index contributed by atoms with van der Waals surface area (Å²) in [6.07, 6.45) is 2.44. The molecule has 2 aromatic rings. The molecule has 1 nitrogen and oxygen atoms in total. The van der Waals surface area contributed by atoms with Crippen molar-refractivity contribution in [1.29, 1.82) is 0 Å². The predicted molar refractivity (Wildman–Crippen MR) is 89.9 cm³/mol. The van der Waals surface area contributed by atoms with E-state index in [1.165, 1.54) is 29.5 Å². The summed E-state index contributed by atoms with van der Waals surface area (Å²) < 4.78 is 0. The van der Waals surface area contributed by atoms with E-state index in [9.17, 15) is 0 Å². The van der Waals surface area contributed by atoms with E-state index < -0.39 is 0 Å². The van der Waals surface area contributed by atoms with Crippen LogP contribution in [0.5, 0.6) is 0 Å². The molecular formula is C19H22ClN. The SMILES string of the molecule is Cc1cccc(C2CC(N[C@@H](C)c3ccccc3Cl)C2)c1. The Hall–Kier alpha value is -1.31. The van der Waals surface area contributed by atoms with Gasteiger partial charge in [0.25, 0.3) is 0 Å². The van der Waals surface area contributed by atoms with Gasteiger partial charge in [0, 0.05) is 17.1 Å². The van der Waals surface area contributed by atoms with Gasteiger partial charge in [-0.2, -0.15) is 0 Å². The lowest BCUT2D eigenvalue weighted by Gasteiger charge is -2.38. The van der Waals surface area contributed by atoms with Crippen molar-refractivity contribution < 1.29 is 0 Å². The first-order valence-corrected chi connectivity index (χ1v) is 8.08. The molecule has 0 radical (unpaired) electrons. The van der Waals surface area contributed by atoms with Crippen molar-refractivity contribution >= 4 is 11.6 Å². The Morgan fingerprint density at radius 2 is 1.86 bits per heavy atom. The highest BCUT2D eigenvalue weighted by molar-refractivity contribution is 6.31. The van der Waals surface area contributed by atoms with E-state index in [0.29, 0.717) is 18.0 Å². The van der Waals surface area contributed by atoms with Gasteiger partial charge in [-0.25, -0.2) is 0 Å². The zero-order valence-corrected chi connectivity index (χ0v) is 13.4. The lowest BCUT2D eigenvalue weighted by Crippen LogP contribution is -2.41. The summed E-state index contributed by atoms with van der Waals surface area (Å²) in [6.45, 7) is 4.36. The van der Waals surface area contributed by atoms with E-state index in [1.807, 2.05) is 12.1 Å². The normalized spacial score (nSPS) is 22.6. The van der Waals surface area contributed by atoms with Crippen molar-refractivity contribution in [3.8, 4) is 0 Å². The Bertz CT molecular complexity index is 616. The number of rotatable bonds is 4. The predicted octanol–water partition coefficient (Wildman–Crippen LogP) is 5.25. The molecule has 0 bridgehead atoms. The quantitative estimate of drug-likeness (QED) is 0.813. The summed E-state index contributed by atoms with van der Waals surface area (Å²) in [5.41, 5.74) is 4.03. The minimum absolute atomic E-state index is 0.308. The molecule has 1 saturated carbocycles. The van der Waals surface area contributed by atoms with E-state index >= 15 is 0 Å². The highest BCUT2D eigenvalue weighted by Gasteiger charge is 2.31. The van der Waals surface area contributed by atoms with Gasteiger partial charge >= 0.3 is 0 Å². The maximum absolute atomic E-state index is 6.27. The molecule has 1 fully saturated rings. The number of halogens is 1. The van der Waals surface area contributed by atoms with Crippen molar-refractivity contribution in [1.82, 2.24) is 5.32 Å². The van der Waals surface area contributed by atoms with Gasteiger partial charge in [0.05, 0.1) is 0 Å². The zero-order chi connectivity index (χ0) is 14.8. The Balaban J connectivity index is 1.56. The summed E-state index contributed by atoms with van der Waals surface area (Å²) in [6, 6.07) is 17.9. The monoisotopic (exact) mass is 299 g/mol. The van der Waals surface area contributed by atoms with Gasteiger partial charge in [-0.1, -0.05) is 59.6 Å². The van der Waals surface area contributed by atoms with Crippen LogP contribution < -0.4 is 5.32 Å². The molecular weight excluding hydrogens is 278 g/mol. The summed E-state index contributed by atoms with van der Waals surface area (Å²) in [7, 11) is 0. The van der Waals surface area contributed by atoms with Crippen molar-refractivity contribution in [2.24, 2.45) is 0 Å². The Kier molecular flexibility index (Phi) is 4.32. The number of benzene rings is 2. The van der Waals surface area contributed by atoms with Gasteiger partial charge in [0.2, 0.25) is 0 Å². The van der Waals surface area contributed by atoms with Crippen molar-refractivity contribution in [2.75, 3.05) is 0 Å². The van der Waals surface area contributed by atoms with Crippen LogP contribution >= 0.6 is 11.6 Å². The molecule has 110 valence electrons. The summed E-state index contributed by atoms with van der Waals surface area (Å²) in [5, 5.41) is 4.56. The van der Waals surface area contributed by atoms with Crippen molar-refractivity contribution in [2.45, 2.75) is 44.7 Å². The van der Waals surface area contributed by atoms with Gasteiger partial charge in [-0.15, -0.1) is 0 Å². The molecule has 0 unspecified atom stereocenters. The topological polar surface area (TPSA) is 12.0 Å². The lowest BCUT2D eigenvalue weighted by atomic mass is 9.75. The summed E-state index contributed by atoms with van der Waals surface area (Å²) >= 11 is 6.27. The standard InChI is InChI=1S/C19H22ClN/c1-13-6-5-7-15(10-13)16-11-17(12-16)21-14(2)18-8-3-4-9-19(18)20/h3-10,14,16-17,21H,11-12H2,1-2H3/t14-,16?,17?/m0/s1. The Morgan fingerprint density at radius 1 is 1.10 bits per heavy atom. The van der Waals surface area contributed by atoms with E-state index in [0.717, 1.165) is 5.02 Å². The second kappa shape index (κ2) is 6.21. The maximum Gasteiger partial charge on any atom is 0.0453 e. The van der Waals surface area contributed by atoms with Gasteiger partial charge in [-0.3, -0.25) is 0 Å². The first-order valence-electron chi connectivity index (χ1n) is 7.70. The first-order chi connectivity index (χ1) is 10.1. The van der Waals surface area contributed by atoms with Gasteiger partial charge < -0.3 is 5.32 Å². The molecule has 0 aliphatic heterocycles. The molecule has 0 aromatic heterocycles. The fraction of sp³-hybridized carbons (Fsp3) is 0.368. The lowest BCUT2D eigenvalue weighted by molar-refractivity contribution is 0.271. The average Bonchev–Trinajstić information content (AvgIpc) is 2.42. The summed E-state index contributed by atoms with van der Waals surface area (Å²) in [4.78, 5) is 0. The summed E-state index contributed by atoms with van der Waals surface area (Å²) in [5.74, 6) is 0.709. The van der Waals surface area contributed by atoms with Crippen LogP contribution in [0.4, 0.5) is 0 Å². The molecule has 0 spiro atoms. The first kappa shape index (κ1) is 14.6. The molecule has 0 saturated heterocycles. The van der Waals surface area contributed by atoms with E-state index in [4.69, 9.17) is 11.6 Å². The van der Waals surface area contributed by atoms with Gasteiger partial charge in [0.15, 0.2) is 0 Å². The third-order valence-electron chi connectivity index (χ3n) is 4.51. The molecule has 0 amide bonds. The van der Waals surface area contributed by atoms with Gasteiger partial charge in [-0.05, 0) is 49.8 Å². The van der Waals surface area contributed by atoms with Crippen LogP contribution in [0.3, 0.4) is 0 Å². The number of hydrogen-bond acceptors (Lipinski definition) is 1. The molecule has 1 N–H and O–H groups in total. The largest absolute Gasteiger partial charge is 0.307 e.